The zero-order chi connectivity index (χ0) is 17.2. The van der Waals surface area contributed by atoms with Crippen LogP contribution in [0.3, 0.4) is 0 Å². The Hall–Kier alpha value is -2.37. The van der Waals surface area contributed by atoms with Gasteiger partial charge in [-0.15, -0.1) is 0 Å². The van der Waals surface area contributed by atoms with Crippen LogP contribution in [-0.2, 0) is 10.0 Å². The third-order valence-corrected chi connectivity index (χ3v) is 5.48. The highest BCUT2D eigenvalue weighted by molar-refractivity contribution is 7.89. The molecule has 0 bridgehead atoms. The summed E-state index contributed by atoms with van der Waals surface area (Å²) in [5.74, 6) is -0.539. The van der Waals surface area contributed by atoms with Crippen molar-refractivity contribution >= 4 is 37.4 Å². The molecular weight excluding hydrogens is 344 g/mol. The Bertz CT molecular complexity index is 843. The number of amides is 1. The molecule has 23 heavy (non-hydrogen) atoms. The number of thiazole rings is 1. The molecule has 0 spiro atoms. The Labute approximate surface area is 135 Å². The number of rotatable bonds is 5. The molecule has 0 saturated heterocycles. The third kappa shape index (κ3) is 3.70. The van der Waals surface area contributed by atoms with Gasteiger partial charge in [0.05, 0.1) is 9.82 Å². The number of aromatic nitrogens is 1. The van der Waals surface area contributed by atoms with Gasteiger partial charge in [-0.3, -0.25) is 20.2 Å². The molecule has 0 atom stereocenters. The van der Waals surface area contributed by atoms with Crippen molar-refractivity contribution in [1.82, 2.24) is 9.29 Å². The largest absolute Gasteiger partial charge is 0.345 e. The molecule has 2 aromatic rings. The highest BCUT2D eigenvalue weighted by atomic mass is 32.2. The molecule has 9 nitrogen and oxygen atoms in total. The molecule has 0 saturated carbocycles. The fourth-order valence-corrected chi connectivity index (χ4v) is 3.10. The standard InChI is InChI=1S/C12H12N4O5S2/c1-15(2)23(20,21)9-5-3-8(4-6-9)11(17)14-12-13-7-10(22-12)16(18)19/h3-7H,1-2H3,(H,13,14,17). The van der Waals surface area contributed by atoms with E-state index in [4.69, 9.17) is 0 Å². The number of nitrogens with one attached hydrogen (secondary N) is 1. The van der Waals surface area contributed by atoms with Gasteiger partial charge in [-0.25, -0.2) is 17.7 Å². The van der Waals surface area contributed by atoms with Crippen molar-refractivity contribution in [1.29, 1.82) is 0 Å². The number of hydrogen-bond donors (Lipinski definition) is 1. The van der Waals surface area contributed by atoms with E-state index in [0.29, 0.717) is 0 Å². The first-order valence-electron chi connectivity index (χ1n) is 6.16. The lowest BCUT2D eigenvalue weighted by Gasteiger charge is -2.11. The van der Waals surface area contributed by atoms with Gasteiger partial charge in [0, 0.05) is 19.7 Å². The SMILES string of the molecule is CN(C)S(=O)(=O)c1ccc(C(=O)Nc2ncc([N+](=O)[O-])s2)cc1. The van der Waals surface area contributed by atoms with E-state index in [0.717, 1.165) is 21.8 Å². The Morgan fingerprint density at radius 1 is 1.30 bits per heavy atom. The number of anilines is 1. The minimum atomic E-state index is -3.57. The maximum atomic E-state index is 12.0. The van der Waals surface area contributed by atoms with Crippen LogP contribution in [0.25, 0.3) is 0 Å². The van der Waals surface area contributed by atoms with E-state index in [9.17, 15) is 23.3 Å². The van der Waals surface area contributed by atoms with Crippen molar-refractivity contribution in [2.24, 2.45) is 0 Å². The summed E-state index contributed by atoms with van der Waals surface area (Å²) in [4.78, 5) is 25.8. The summed E-state index contributed by atoms with van der Waals surface area (Å²) < 4.78 is 24.9. The van der Waals surface area contributed by atoms with E-state index >= 15 is 0 Å². The minimum Gasteiger partial charge on any atom is -0.298 e. The van der Waals surface area contributed by atoms with Crippen molar-refractivity contribution in [3.63, 3.8) is 0 Å². The number of nitro groups is 1. The molecule has 0 aliphatic carbocycles. The molecule has 0 aliphatic heterocycles. The highest BCUT2D eigenvalue weighted by Gasteiger charge is 2.18. The Kier molecular flexibility index (Phi) is 4.73. The summed E-state index contributed by atoms with van der Waals surface area (Å²) in [6, 6.07) is 5.34. The van der Waals surface area contributed by atoms with E-state index < -0.39 is 20.9 Å². The second kappa shape index (κ2) is 6.40. The number of hydrogen-bond acceptors (Lipinski definition) is 7. The van der Waals surface area contributed by atoms with E-state index in [1.165, 1.54) is 38.4 Å². The molecule has 0 fully saturated rings. The lowest BCUT2D eigenvalue weighted by Crippen LogP contribution is -2.22. The molecule has 1 aromatic carbocycles. The number of benzene rings is 1. The molecule has 1 amide bonds. The second-order valence-electron chi connectivity index (χ2n) is 4.53. The summed E-state index contributed by atoms with van der Waals surface area (Å²) in [6.07, 6.45) is 1.05. The van der Waals surface area contributed by atoms with Gasteiger partial charge < -0.3 is 0 Å². The van der Waals surface area contributed by atoms with E-state index in [2.05, 4.69) is 10.3 Å². The Balaban J connectivity index is 2.15. The smallest absolute Gasteiger partial charge is 0.298 e. The molecule has 1 aromatic heterocycles. The van der Waals surface area contributed by atoms with Crippen LogP contribution < -0.4 is 5.32 Å². The van der Waals surface area contributed by atoms with Gasteiger partial charge in [-0.05, 0) is 35.6 Å². The van der Waals surface area contributed by atoms with Crippen LogP contribution in [0, 0.1) is 10.1 Å². The average molecular weight is 356 g/mol. The second-order valence-corrected chi connectivity index (χ2v) is 7.69. The molecule has 1 heterocycles. The predicted molar refractivity (Wildman–Crippen MR) is 84.0 cm³/mol. The fraction of sp³-hybridized carbons (Fsp3) is 0.167. The Morgan fingerprint density at radius 2 is 1.91 bits per heavy atom. The van der Waals surface area contributed by atoms with Crippen LogP contribution in [0.15, 0.2) is 35.4 Å². The van der Waals surface area contributed by atoms with Crippen LogP contribution in [0.5, 0.6) is 0 Å². The lowest BCUT2D eigenvalue weighted by molar-refractivity contribution is -0.380. The van der Waals surface area contributed by atoms with Crippen LogP contribution >= 0.6 is 11.3 Å². The van der Waals surface area contributed by atoms with Gasteiger partial charge in [0.25, 0.3) is 5.91 Å². The molecule has 11 heteroatoms. The van der Waals surface area contributed by atoms with Gasteiger partial charge in [0.15, 0.2) is 5.13 Å². The lowest BCUT2D eigenvalue weighted by atomic mass is 10.2. The highest BCUT2D eigenvalue weighted by Crippen LogP contribution is 2.25. The average Bonchev–Trinajstić information content (AvgIpc) is 2.96. The molecule has 2 rings (SSSR count). The van der Waals surface area contributed by atoms with Gasteiger partial charge >= 0.3 is 5.00 Å². The molecule has 0 aliphatic rings. The minimum absolute atomic E-state index is 0.0592. The van der Waals surface area contributed by atoms with Crippen molar-refractivity contribution in [3.05, 3.63) is 46.1 Å². The van der Waals surface area contributed by atoms with Crippen LogP contribution in [0.1, 0.15) is 10.4 Å². The van der Waals surface area contributed by atoms with Crippen LogP contribution in [0.2, 0.25) is 0 Å². The van der Waals surface area contributed by atoms with Gasteiger partial charge in [0.1, 0.15) is 6.20 Å². The fourth-order valence-electron chi connectivity index (χ4n) is 1.57. The third-order valence-electron chi connectivity index (χ3n) is 2.79. The van der Waals surface area contributed by atoms with E-state index in [1.807, 2.05) is 0 Å². The summed E-state index contributed by atoms with van der Waals surface area (Å²) in [5.41, 5.74) is 0.209. The van der Waals surface area contributed by atoms with Crippen molar-refractivity contribution in [2.45, 2.75) is 4.90 Å². The quantitative estimate of drug-likeness (QED) is 0.640. The van der Waals surface area contributed by atoms with Crippen LogP contribution in [0.4, 0.5) is 10.1 Å². The zero-order valence-corrected chi connectivity index (χ0v) is 13.7. The first kappa shape index (κ1) is 17.0. The number of carbonyl (C=O) groups is 1. The summed E-state index contributed by atoms with van der Waals surface area (Å²) in [5, 5.41) is 12.9. The maximum Gasteiger partial charge on any atom is 0.345 e. The van der Waals surface area contributed by atoms with Crippen LogP contribution in [-0.4, -0.2) is 42.6 Å². The van der Waals surface area contributed by atoms with Crippen molar-refractivity contribution in [2.75, 3.05) is 19.4 Å². The van der Waals surface area contributed by atoms with E-state index in [1.54, 1.807) is 0 Å². The number of sulfonamides is 1. The van der Waals surface area contributed by atoms with Gasteiger partial charge in [-0.2, -0.15) is 0 Å². The van der Waals surface area contributed by atoms with Crippen molar-refractivity contribution in [3.8, 4) is 0 Å². The summed E-state index contributed by atoms with van der Waals surface area (Å²) in [6.45, 7) is 0. The first-order valence-corrected chi connectivity index (χ1v) is 8.41. The number of nitrogens with zero attached hydrogens (tertiary/aromatic N) is 3. The summed E-state index contributed by atoms with van der Waals surface area (Å²) >= 11 is 0.731. The molecule has 0 radical (unpaired) electrons. The number of carbonyl (C=O) groups excluding carboxylic acids is 1. The van der Waals surface area contributed by atoms with Gasteiger partial charge in [-0.1, -0.05) is 0 Å². The maximum absolute atomic E-state index is 12.0. The normalized spacial score (nSPS) is 11.4. The van der Waals surface area contributed by atoms with Crippen molar-refractivity contribution < 1.29 is 18.1 Å². The molecular formula is C12H12N4O5S2. The topological polar surface area (TPSA) is 123 Å². The van der Waals surface area contributed by atoms with Gasteiger partial charge in [0.2, 0.25) is 10.0 Å². The molecule has 0 unspecified atom stereocenters. The van der Waals surface area contributed by atoms with E-state index in [-0.39, 0.29) is 20.6 Å². The molecule has 1 N–H and O–H groups in total. The monoisotopic (exact) mass is 356 g/mol. The Morgan fingerprint density at radius 3 is 2.39 bits per heavy atom. The summed E-state index contributed by atoms with van der Waals surface area (Å²) in [7, 11) is -0.752. The first-order chi connectivity index (χ1) is 10.7. The predicted octanol–water partition coefficient (Wildman–Crippen LogP) is 1.55. The zero-order valence-electron chi connectivity index (χ0n) is 12.1. The molecule has 122 valence electrons.